The van der Waals surface area contributed by atoms with Gasteiger partial charge in [-0.2, -0.15) is 0 Å². The van der Waals surface area contributed by atoms with Gasteiger partial charge in [0.15, 0.2) is 17.5 Å². The lowest BCUT2D eigenvalue weighted by Gasteiger charge is -2.20. The third kappa shape index (κ3) is 4.56. The summed E-state index contributed by atoms with van der Waals surface area (Å²) in [5.41, 5.74) is -1.03. The topological polar surface area (TPSA) is 58.2 Å². The average Bonchev–Trinajstić information content (AvgIpc) is 2.27. The molecule has 1 aromatic rings. The molecule has 110 valence electrons. The fourth-order valence-corrected chi connectivity index (χ4v) is 1.43. The second kappa shape index (κ2) is 5.94. The number of nitrogens with one attached hydrogen (secondary N) is 2. The van der Waals surface area contributed by atoms with Gasteiger partial charge in [-0.05, 0) is 32.9 Å². The molecular formula is C13H15F3N2O2. The van der Waals surface area contributed by atoms with Gasteiger partial charge in [-0.15, -0.1) is 0 Å². The number of amides is 2. The molecule has 0 radical (unpaired) electrons. The van der Waals surface area contributed by atoms with Crippen LogP contribution in [-0.2, 0) is 9.59 Å². The highest BCUT2D eigenvalue weighted by molar-refractivity contribution is 6.03. The van der Waals surface area contributed by atoms with E-state index in [0.29, 0.717) is 6.07 Å². The summed E-state index contributed by atoms with van der Waals surface area (Å²) in [4.78, 5) is 23.0. The van der Waals surface area contributed by atoms with Crippen molar-refractivity contribution in [1.29, 1.82) is 0 Å². The summed E-state index contributed by atoms with van der Waals surface area (Å²) < 4.78 is 38.9. The molecule has 0 aliphatic carbocycles. The zero-order valence-electron chi connectivity index (χ0n) is 11.3. The van der Waals surface area contributed by atoms with E-state index in [-0.39, 0.29) is 0 Å². The molecule has 0 aliphatic heterocycles. The first-order chi connectivity index (χ1) is 9.10. The van der Waals surface area contributed by atoms with E-state index in [4.69, 9.17) is 0 Å². The van der Waals surface area contributed by atoms with Crippen LogP contribution >= 0.6 is 0 Å². The minimum Gasteiger partial charge on any atom is -0.351 e. The van der Waals surface area contributed by atoms with Crippen molar-refractivity contribution >= 4 is 17.5 Å². The van der Waals surface area contributed by atoms with Crippen molar-refractivity contribution < 1.29 is 22.8 Å². The number of benzene rings is 1. The minimum atomic E-state index is -1.68. The van der Waals surface area contributed by atoms with Crippen LogP contribution in [0.3, 0.4) is 0 Å². The number of anilines is 1. The molecule has 0 spiro atoms. The summed E-state index contributed by atoms with van der Waals surface area (Å²) in [6.45, 7) is 5.20. The fourth-order valence-electron chi connectivity index (χ4n) is 1.43. The highest BCUT2D eigenvalue weighted by Gasteiger charge is 2.19. The quantitative estimate of drug-likeness (QED) is 0.662. The highest BCUT2D eigenvalue weighted by atomic mass is 19.2. The first-order valence-electron chi connectivity index (χ1n) is 5.84. The Morgan fingerprint density at radius 2 is 1.65 bits per heavy atom. The summed E-state index contributed by atoms with van der Waals surface area (Å²) in [6, 6.07) is 1.57. The number of carbonyl (C=O) groups is 2. The zero-order valence-corrected chi connectivity index (χ0v) is 11.3. The van der Waals surface area contributed by atoms with Gasteiger partial charge in [0.2, 0.25) is 11.8 Å². The predicted octanol–water partition coefficient (Wildman–Crippen LogP) is 2.35. The van der Waals surface area contributed by atoms with Crippen LogP contribution in [0.5, 0.6) is 0 Å². The molecule has 0 aliphatic rings. The Morgan fingerprint density at radius 3 is 2.20 bits per heavy atom. The monoisotopic (exact) mass is 288 g/mol. The summed E-state index contributed by atoms with van der Waals surface area (Å²) in [5.74, 6) is -5.92. The standard InChI is InChI=1S/C13H15F3N2O2/c1-13(2,3)18-10(20)6-9(19)17-8-5-4-7(14)11(15)12(8)16/h4-5H,6H2,1-3H3,(H,17,19)(H,18,20). The van der Waals surface area contributed by atoms with Gasteiger partial charge in [-0.3, -0.25) is 9.59 Å². The average molecular weight is 288 g/mol. The van der Waals surface area contributed by atoms with Crippen molar-refractivity contribution in [2.24, 2.45) is 0 Å². The van der Waals surface area contributed by atoms with E-state index in [0.717, 1.165) is 6.07 Å². The largest absolute Gasteiger partial charge is 0.351 e. The smallest absolute Gasteiger partial charge is 0.233 e. The Balaban J connectivity index is 2.68. The molecule has 0 aromatic heterocycles. The Kier molecular flexibility index (Phi) is 4.75. The normalized spacial score (nSPS) is 11.1. The molecule has 0 fully saturated rings. The molecule has 7 heteroatoms. The molecule has 0 bridgehead atoms. The highest BCUT2D eigenvalue weighted by Crippen LogP contribution is 2.19. The molecule has 0 unspecified atom stereocenters. The minimum absolute atomic E-state index is 0.509. The van der Waals surface area contributed by atoms with Crippen molar-refractivity contribution in [2.45, 2.75) is 32.7 Å². The molecule has 0 saturated carbocycles. The maximum atomic E-state index is 13.3. The second-order valence-corrected chi connectivity index (χ2v) is 5.25. The van der Waals surface area contributed by atoms with Crippen molar-refractivity contribution in [1.82, 2.24) is 5.32 Å². The molecule has 0 heterocycles. The van der Waals surface area contributed by atoms with Crippen LogP contribution in [0.1, 0.15) is 27.2 Å². The number of halogens is 3. The zero-order chi connectivity index (χ0) is 15.5. The number of hydrogen-bond acceptors (Lipinski definition) is 2. The van der Waals surface area contributed by atoms with E-state index in [9.17, 15) is 22.8 Å². The predicted molar refractivity (Wildman–Crippen MR) is 67.5 cm³/mol. The van der Waals surface area contributed by atoms with E-state index >= 15 is 0 Å². The molecule has 2 amide bonds. The van der Waals surface area contributed by atoms with Gasteiger partial charge in [-0.25, -0.2) is 13.2 Å². The summed E-state index contributed by atoms with van der Waals surface area (Å²) >= 11 is 0. The molecule has 0 atom stereocenters. The first kappa shape index (κ1) is 16.0. The van der Waals surface area contributed by atoms with Gasteiger partial charge in [0.1, 0.15) is 6.42 Å². The van der Waals surface area contributed by atoms with Gasteiger partial charge < -0.3 is 10.6 Å². The van der Waals surface area contributed by atoms with Crippen molar-refractivity contribution in [2.75, 3.05) is 5.32 Å². The van der Waals surface area contributed by atoms with Crippen molar-refractivity contribution in [3.63, 3.8) is 0 Å². The molecular weight excluding hydrogens is 273 g/mol. The summed E-state index contributed by atoms with van der Waals surface area (Å²) in [6.07, 6.45) is -0.546. The van der Waals surface area contributed by atoms with Gasteiger partial charge in [0.05, 0.1) is 5.69 Å². The van der Waals surface area contributed by atoms with Crippen molar-refractivity contribution in [3.05, 3.63) is 29.6 Å². The van der Waals surface area contributed by atoms with Crippen LogP contribution in [0.2, 0.25) is 0 Å². The third-order valence-electron chi connectivity index (χ3n) is 2.14. The van der Waals surface area contributed by atoms with Crippen LogP contribution in [0, 0.1) is 17.5 Å². The Morgan fingerprint density at radius 1 is 1.05 bits per heavy atom. The van der Waals surface area contributed by atoms with Crippen LogP contribution in [-0.4, -0.2) is 17.4 Å². The van der Waals surface area contributed by atoms with Crippen molar-refractivity contribution in [3.8, 4) is 0 Å². The summed E-state index contributed by atoms with van der Waals surface area (Å²) in [5, 5.41) is 4.56. The Hall–Kier alpha value is -2.05. The fraction of sp³-hybridized carbons (Fsp3) is 0.385. The lowest BCUT2D eigenvalue weighted by molar-refractivity contribution is -0.127. The van der Waals surface area contributed by atoms with Gasteiger partial charge >= 0.3 is 0 Å². The number of rotatable bonds is 3. The van der Waals surface area contributed by atoms with Gasteiger partial charge in [-0.1, -0.05) is 0 Å². The molecule has 4 nitrogen and oxygen atoms in total. The lowest BCUT2D eigenvalue weighted by Crippen LogP contribution is -2.41. The lowest BCUT2D eigenvalue weighted by atomic mass is 10.1. The Labute approximate surface area is 114 Å². The molecule has 2 N–H and O–H groups in total. The van der Waals surface area contributed by atoms with E-state index in [2.05, 4.69) is 5.32 Å². The Bertz CT molecular complexity index is 539. The SMILES string of the molecule is CC(C)(C)NC(=O)CC(=O)Nc1ccc(F)c(F)c1F. The van der Waals surface area contributed by atoms with E-state index in [1.807, 2.05) is 5.32 Å². The van der Waals surface area contributed by atoms with Gasteiger partial charge in [0.25, 0.3) is 0 Å². The number of hydrogen-bond donors (Lipinski definition) is 2. The molecule has 0 saturated heterocycles. The molecule has 1 aromatic carbocycles. The number of carbonyl (C=O) groups excluding carboxylic acids is 2. The van der Waals surface area contributed by atoms with Crippen LogP contribution < -0.4 is 10.6 Å². The molecule has 20 heavy (non-hydrogen) atoms. The van der Waals surface area contributed by atoms with E-state index in [1.165, 1.54) is 0 Å². The van der Waals surface area contributed by atoms with Crippen LogP contribution in [0.25, 0.3) is 0 Å². The third-order valence-corrected chi connectivity index (χ3v) is 2.14. The first-order valence-corrected chi connectivity index (χ1v) is 5.84. The van der Waals surface area contributed by atoms with Crippen LogP contribution in [0.4, 0.5) is 18.9 Å². The maximum absolute atomic E-state index is 13.3. The second-order valence-electron chi connectivity index (χ2n) is 5.25. The van der Waals surface area contributed by atoms with Gasteiger partial charge in [0, 0.05) is 5.54 Å². The molecule has 1 rings (SSSR count). The van der Waals surface area contributed by atoms with E-state index < -0.39 is 46.9 Å². The van der Waals surface area contributed by atoms with E-state index in [1.54, 1.807) is 20.8 Å². The maximum Gasteiger partial charge on any atom is 0.233 e. The van der Waals surface area contributed by atoms with Crippen LogP contribution in [0.15, 0.2) is 12.1 Å². The summed E-state index contributed by atoms with van der Waals surface area (Å²) in [7, 11) is 0.